The predicted octanol–water partition coefficient (Wildman–Crippen LogP) is 6.81. The standard InChI is InChI=1S/C27H30N4Si/c1-18(2)32(19(3)4,20(5)6)13-12-21-8-7-9-24-26(21)27(31-17-30-24)22-10-11-23-15-28-16-29-25(23)14-22/h7-11,14-20H,1-6H3. The van der Waals surface area contributed by atoms with Crippen LogP contribution in [-0.2, 0) is 0 Å². The van der Waals surface area contributed by atoms with Gasteiger partial charge in [0.1, 0.15) is 20.7 Å². The van der Waals surface area contributed by atoms with Gasteiger partial charge in [-0.25, -0.2) is 19.9 Å². The molecule has 0 aliphatic rings. The minimum absolute atomic E-state index is 0.584. The first-order valence-corrected chi connectivity index (χ1v) is 13.5. The van der Waals surface area contributed by atoms with Crippen LogP contribution in [0.25, 0.3) is 33.1 Å². The lowest BCUT2D eigenvalue weighted by Gasteiger charge is -2.38. The highest BCUT2D eigenvalue weighted by Crippen LogP contribution is 2.41. The van der Waals surface area contributed by atoms with Crippen molar-refractivity contribution in [1.29, 1.82) is 0 Å². The normalized spacial score (nSPS) is 12.0. The molecule has 162 valence electrons. The molecule has 0 atom stereocenters. The largest absolute Gasteiger partial charge is 0.244 e. The van der Waals surface area contributed by atoms with Crippen molar-refractivity contribution in [3.8, 4) is 22.7 Å². The maximum Gasteiger partial charge on any atom is 0.146 e. The van der Waals surface area contributed by atoms with Crippen molar-refractivity contribution >= 4 is 29.9 Å². The number of hydrogen-bond acceptors (Lipinski definition) is 4. The van der Waals surface area contributed by atoms with E-state index in [2.05, 4.69) is 91.1 Å². The van der Waals surface area contributed by atoms with Crippen LogP contribution in [0.5, 0.6) is 0 Å². The van der Waals surface area contributed by atoms with Gasteiger partial charge in [0.05, 0.1) is 16.7 Å². The molecule has 0 N–H and O–H groups in total. The molecule has 2 aromatic heterocycles. The molecule has 2 heterocycles. The molecule has 0 saturated heterocycles. The van der Waals surface area contributed by atoms with Crippen LogP contribution in [0.1, 0.15) is 47.1 Å². The van der Waals surface area contributed by atoms with E-state index in [0.29, 0.717) is 16.6 Å². The average molecular weight is 439 g/mol. The van der Waals surface area contributed by atoms with Crippen LogP contribution in [0.15, 0.2) is 55.2 Å². The fraction of sp³-hybridized carbons (Fsp3) is 0.333. The summed E-state index contributed by atoms with van der Waals surface area (Å²) in [7, 11) is -1.85. The zero-order chi connectivity index (χ0) is 22.9. The summed E-state index contributed by atoms with van der Waals surface area (Å²) in [5, 5.41) is 2.02. The van der Waals surface area contributed by atoms with Crippen molar-refractivity contribution in [2.45, 2.75) is 58.2 Å². The number of benzene rings is 2. The van der Waals surface area contributed by atoms with E-state index in [4.69, 9.17) is 0 Å². The molecular weight excluding hydrogens is 408 g/mol. The smallest absolute Gasteiger partial charge is 0.146 e. The van der Waals surface area contributed by atoms with Gasteiger partial charge < -0.3 is 0 Å². The SMILES string of the molecule is CC(C)[Si](C#Cc1cccc2ncnc(-c3ccc4cncnc4c3)c12)(C(C)C)C(C)C. The minimum atomic E-state index is -1.85. The van der Waals surface area contributed by atoms with E-state index in [1.807, 2.05) is 24.4 Å². The molecular formula is C27H30N4Si. The highest BCUT2D eigenvalue weighted by Gasteiger charge is 2.41. The lowest BCUT2D eigenvalue weighted by Crippen LogP contribution is -2.43. The molecule has 32 heavy (non-hydrogen) atoms. The van der Waals surface area contributed by atoms with Gasteiger partial charge in [0.25, 0.3) is 0 Å². The third-order valence-corrected chi connectivity index (χ3v) is 13.0. The van der Waals surface area contributed by atoms with E-state index >= 15 is 0 Å². The second-order valence-corrected chi connectivity index (χ2v) is 14.9. The van der Waals surface area contributed by atoms with Crippen molar-refractivity contribution in [3.05, 3.63) is 60.8 Å². The Morgan fingerprint density at radius 2 is 1.50 bits per heavy atom. The molecule has 0 saturated carbocycles. The number of nitrogens with zero attached hydrogens (tertiary/aromatic N) is 4. The van der Waals surface area contributed by atoms with Crippen molar-refractivity contribution in [2.75, 3.05) is 0 Å². The zero-order valence-corrected chi connectivity index (χ0v) is 20.7. The average Bonchev–Trinajstić information content (AvgIpc) is 2.78. The van der Waals surface area contributed by atoms with Gasteiger partial charge in [-0.3, -0.25) is 0 Å². The van der Waals surface area contributed by atoms with E-state index in [-0.39, 0.29) is 0 Å². The van der Waals surface area contributed by atoms with Crippen LogP contribution < -0.4 is 0 Å². The first-order valence-electron chi connectivity index (χ1n) is 11.3. The molecule has 4 nitrogen and oxygen atoms in total. The van der Waals surface area contributed by atoms with E-state index in [9.17, 15) is 0 Å². The van der Waals surface area contributed by atoms with Crippen molar-refractivity contribution in [1.82, 2.24) is 19.9 Å². The van der Waals surface area contributed by atoms with Gasteiger partial charge in [-0.05, 0) is 34.8 Å². The molecule has 0 bridgehead atoms. The second kappa shape index (κ2) is 8.80. The molecule has 0 unspecified atom stereocenters. The fourth-order valence-electron chi connectivity index (χ4n) is 5.16. The summed E-state index contributed by atoms with van der Waals surface area (Å²) in [6.07, 6.45) is 5.04. The Morgan fingerprint density at radius 3 is 2.22 bits per heavy atom. The monoisotopic (exact) mass is 438 g/mol. The van der Waals surface area contributed by atoms with Gasteiger partial charge in [0.2, 0.25) is 0 Å². The van der Waals surface area contributed by atoms with Crippen LogP contribution in [0.2, 0.25) is 16.6 Å². The highest BCUT2D eigenvalue weighted by molar-refractivity contribution is 6.90. The number of hydrogen-bond donors (Lipinski definition) is 0. The number of rotatable bonds is 4. The topological polar surface area (TPSA) is 51.6 Å². The van der Waals surface area contributed by atoms with E-state index < -0.39 is 8.07 Å². The van der Waals surface area contributed by atoms with Gasteiger partial charge >= 0.3 is 0 Å². The van der Waals surface area contributed by atoms with Crippen LogP contribution in [0.4, 0.5) is 0 Å². The van der Waals surface area contributed by atoms with Crippen molar-refractivity contribution < 1.29 is 0 Å². The molecule has 5 heteroatoms. The minimum Gasteiger partial charge on any atom is -0.244 e. The van der Waals surface area contributed by atoms with Gasteiger partial charge in [0, 0.05) is 28.1 Å². The van der Waals surface area contributed by atoms with Crippen LogP contribution in [0.3, 0.4) is 0 Å². The Hall–Kier alpha value is -3.10. The molecule has 0 spiro atoms. The molecule has 0 fully saturated rings. The quantitative estimate of drug-likeness (QED) is 0.259. The molecule has 4 rings (SSSR count). The van der Waals surface area contributed by atoms with Crippen LogP contribution >= 0.6 is 0 Å². The molecule has 2 aromatic carbocycles. The Kier molecular flexibility index (Phi) is 6.08. The highest BCUT2D eigenvalue weighted by atomic mass is 28.3. The summed E-state index contributed by atoms with van der Waals surface area (Å²) in [5.41, 5.74) is 10.3. The molecule has 0 radical (unpaired) electrons. The zero-order valence-electron chi connectivity index (χ0n) is 19.7. The Labute approximate surface area is 191 Å². The van der Waals surface area contributed by atoms with E-state index in [0.717, 1.165) is 38.6 Å². The predicted molar refractivity (Wildman–Crippen MR) is 136 cm³/mol. The number of fused-ring (bicyclic) bond motifs is 2. The summed E-state index contributed by atoms with van der Waals surface area (Å²) < 4.78 is 0. The first kappa shape index (κ1) is 22.1. The van der Waals surface area contributed by atoms with E-state index in [1.54, 1.807) is 12.7 Å². The first-order chi connectivity index (χ1) is 15.3. The summed E-state index contributed by atoms with van der Waals surface area (Å²) in [6, 6.07) is 12.4. The molecule has 0 aliphatic carbocycles. The molecule has 0 aliphatic heterocycles. The Balaban J connectivity index is 1.94. The van der Waals surface area contributed by atoms with Crippen molar-refractivity contribution in [2.24, 2.45) is 0 Å². The maximum atomic E-state index is 4.68. The lowest BCUT2D eigenvalue weighted by molar-refractivity contribution is 0.838. The van der Waals surface area contributed by atoms with Gasteiger partial charge in [-0.1, -0.05) is 65.7 Å². The van der Waals surface area contributed by atoms with Gasteiger partial charge in [0.15, 0.2) is 0 Å². The van der Waals surface area contributed by atoms with Gasteiger partial charge in [-0.2, -0.15) is 0 Å². The summed E-state index contributed by atoms with van der Waals surface area (Å²) in [6.45, 7) is 14.1. The maximum absolute atomic E-state index is 4.68. The Morgan fingerprint density at radius 1 is 0.781 bits per heavy atom. The van der Waals surface area contributed by atoms with Crippen LogP contribution in [0, 0.1) is 11.5 Å². The van der Waals surface area contributed by atoms with E-state index in [1.165, 1.54) is 0 Å². The van der Waals surface area contributed by atoms with Crippen LogP contribution in [-0.4, -0.2) is 28.0 Å². The van der Waals surface area contributed by atoms with Crippen molar-refractivity contribution in [3.63, 3.8) is 0 Å². The summed E-state index contributed by atoms with van der Waals surface area (Å²) in [5.74, 6) is 3.63. The molecule has 4 aromatic rings. The third-order valence-electron chi connectivity index (χ3n) is 6.72. The molecule has 0 amide bonds. The lowest BCUT2D eigenvalue weighted by atomic mass is 10.0. The Bertz CT molecular complexity index is 1300. The third kappa shape index (κ3) is 3.80. The summed E-state index contributed by atoms with van der Waals surface area (Å²) >= 11 is 0. The fourth-order valence-corrected chi connectivity index (χ4v) is 10.4. The number of aromatic nitrogens is 4. The van der Waals surface area contributed by atoms with Gasteiger partial charge in [-0.15, -0.1) is 5.54 Å². The summed E-state index contributed by atoms with van der Waals surface area (Å²) in [4.78, 5) is 17.8. The second-order valence-electron chi connectivity index (χ2n) is 9.37.